The average molecular weight is 349 g/mol. The number of carbonyl (C=O) groups excluding carboxylic acids is 1. The summed E-state index contributed by atoms with van der Waals surface area (Å²) >= 11 is 0. The second-order valence-electron chi connectivity index (χ2n) is 7.83. The summed E-state index contributed by atoms with van der Waals surface area (Å²) in [6.07, 6.45) is 6.74. The van der Waals surface area contributed by atoms with Crippen LogP contribution < -0.4 is 5.32 Å². The topological polar surface area (TPSA) is 75.6 Å². The summed E-state index contributed by atoms with van der Waals surface area (Å²) in [6.45, 7) is 6.54. The van der Waals surface area contributed by atoms with E-state index in [1.54, 1.807) is 6.20 Å². The van der Waals surface area contributed by atoms with Gasteiger partial charge in [-0.05, 0) is 37.3 Å². The number of fused-ring (bicyclic) bond motifs is 1. The third-order valence-electron chi connectivity index (χ3n) is 5.01. The lowest BCUT2D eigenvalue weighted by Gasteiger charge is -2.35. The van der Waals surface area contributed by atoms with Gasteiger partial charge in [0.15, 0.2) is 0 Å². The highest BCUT2D eigenvalue weighted by Crippen LogP contribution is 2.41. The molecule has 2 heterocycles. The van der Waals surface area contributed by atoms with Gasteiger partial charge in [0.1, 0.15) is 5.69 Å². The molecule has 0 radical (unpaired) electrons. The number of aromatic nitrogens is 4. The van der Waals surface area contributed by atoms with Crippen molar-refractivity contribution in [3.63, 3.8) is 0 Å². The summed E-state index contributed by atoms with van der Waals surface area (Å²) in [5.41, 5.74) is 5.08. The number of hydrogen-bond donors (Lipinski definition) is 2. The number of imidazole rings is 1. The molecule has 2 aromatic heterocycles. The fourth-order valence-corrected chi connectivity index (χ4v) is 3.70. The van der Waals surface area contributed by atoms with Crippen LogP contribution in [0.4, 0.5) is 0 Å². The van der Waals surface area contributed by atoms with E-state index in [9.17, 15) is 4.79 Å². The maximum Gasteiger partial charge on any atom is 0.269 e. The molecule has 0 spiro atoms. The number of aromatic amines is 1. The summed E-state index contributed by atoms with van der Waals surface area (Å²) in [6, 6.07) is 8.29. The van der Waals surface area contributed by atoms with Crippen LogP contribution >= 0.6 is 0 Å². The normalized spacial score (nSPS) is 18.3. The molecule has 6 nitrogen and oxygen atoms in total. The monoisotopic (exact) mass is 349 g/mol. The Morgan fingerprint density at radius 2 is 2.04 bits per heavy atom. The molecule has 6 heteroatoms. The highest BCUT2D eigenvalue weighted by Gasteiger charge is 2.36. The number of nitrogens with zero attached hydrogens (tertiary/aromatic N) is 3. The summed E-state index contributed by atoms with van der Waals surface area (Å²) in [5, 5.41) is 7.77. The molecule has 2 N–H and O–H groups in total. The Kier molecular flexibility index (Phi) is 3.90. The van der Waals surface area contributed by atoms with Gasteiger partial charge in [-0.25, -0.2) is 9.67 Å². The highest BCUT2D eigenvalue weighted by atomic mass is 16.2. The molecule has 0 bridgehead atoms. The van der Waals surface area contributed by atoms with E-state index >= 15 is 0 Å². The largest absolute Gasteiger partial charge is 0.344 e. The molecule has 0 fully saturated rings. The van der Waals surface area contributed by atoms with Gasteiger partial charge in [-0.15, -0.1) is 0 Å². The van der Waals surface area contributed by atoms with E-state index in [0.717, 1.165) is 24.1 Å². The molecule has 1 aliphatic carbocycles. The van der Waals surface area contributed by atoms with E-state index in [0.29, 0.717) is 5.69 Å². The molecule has 26 heavy (non-hydrogen) atoms. The van der Waals surface area contributed by atoms with Gasteiger partial charge in [-0.3, -0.25) is 4.79 Å². The summed E-state index contributed by atoms with van der Waals surface area (Å²) < 4.78 is 2.00. The van der Waals surface area contributed by atoms with Gasteiger partial charge in [-0.1, -0.05) is 31.5 Å². The molecule has 0 saturated heterocycles. The van der Waals surface area contributed by atoms with Crippen LogP contribution in [0.1, 0.15) is 53.6 Å². The quantitative estimate of drug-likeness (QED) is 0.761. The van der Waals surface area contributed by atoms with E-state index in [2.05, 4.69) is 65.4 Å². The first-order chi connectivity index (χ1) is 12.4. The lowest BCUT2D eigenvalue weighted by molar-refractivity contribution is 0.0914. The lowest BCUT2D eigenvalue weighted by Crippen LogP contribution is -2.36. The predicted molar refractivity (Wildman–Crippen MR) is 99.2 cm³/mol. The minimum Gasteiger partial charge on any atom is -0.344 e. The number of rotatable bonds is 3. The third-order valence-corrected chi connectivity index (χ3v) is 5.01. The SMILES string of the molecule is Cc1ccc(-n2ncc3c2CC(C)(C)CC3NC(=O)c2cnc[nH]2)cc1. The van der Waals surface area contributed by atoms with E-state index in [1.807, 2.05) is 10.9 Å². The second kappa shape index (κ2) is 6.12. The number of amides is 1. The van der Waals surface area contributed by atoms with Crippen LogP contribution in [0.2, 0.25) is 0 Å². The van der Waals surface area contributed by atoms with E-state index in [-0.39, 0.29) is 17.4 Å². The summed E-state index contributed by atoms with van der Waals surface area (Å²) in [4.78, 5) is 19.3. The van der Waals surface area contributed by atoms with Gasteiger partial charge in [0.05, 0.1) is 36.1 Å². The Morgan fingerprint density at radius 1 is 1.27 bits per heavy atom. The number of aryl methyl sites for hydroxylation is 1. The maximum absolute atomic E-state index is 12.5. The second-order valence-corrected chi connectivity index (χ2v) is 7.83. The van der Waals surface area contributed by atoms with Crippen LogP contribution in [0.25, 0.3) is 5.69 Å². The molecule has 1 aliphatic rings. The van der Waals surface area contributed by atoms with Crippen LogP contribution in [0, 0.1) is 12.3 Å². The maximum atomic E-state index is 12.5. The van der Waals surface area contributed by atoms with Crippen LogP contribution in [-0.2, 0) is 6.42 Å². The molecule has 1 atom stereocenters. The first kappa shape index (κ1) is 16.6. The average Bonchev–Trinajstić information content (AvgIpc) is 3.24. The smallest absolute Gasteiger partial charge is 0.269 e. The fourth-order valence-electron chi connectivity index (χ4n) is 3.70. The van der Waals surface area contributed by atoms with Crippen LogP contribution in [-0.4, -0.2) is 25.7 Å². The predicted octanol–water partition coefficient (Wildman–Crippen LogP) is 3.35. The summed E-state index contributed by atoms with van der Waals surface area (Å²) in [7, 11) is 0. The van der Waals surface area contributed by atoms with Gasteiger partial charge in [0.25, 0.3) is 5.91 Å². The molecule has 3 aromatic rings. The zero-order valence-corrected chi connectivity index (χ0v) is 15.3. The van der Waals surface area contributed by atoms with Crippen molar-refractivity contribution in [1.29, 1.82) is 0 Å². The zero-order valence-electron chi connectivity index (χ0n) is 15.3. The van der Waals surface area contributed by atoms with Crippen LogP contribution in [0.15, 0.2) is 43.0 Å². The van der Waals surface area contributed by atoms with Gasteiger partial charge < -0.3 is 10.3 Å². The standard InChI is InChI=1S/C20H23N5O/c1-13-4-6-14(7-5-13)25-18-9-20(2,3)8-16(15(18)10-23-25)24-19(26)17-11-21-12-22-17/h4-7,10-12,16H,8-9H2,1-3H3,(H,21,22)(H,24,26). The molecule has 1 aromatic carbocycles. The van der Waals surface area contributed by atoms with E-state index < -0.39 is 0 Å². The fraction of sp³-hybridized carbons (Fsp3) is 0.350. The van der Waals surface area contributed by atoms with Crippen molar-refractivity contribution in [3.05, 3.63) is 65.5 Å². The molecular weight excluding hydrogens is 326 g/mol. The first-order valence-electron chi connectivity index (χ1n) is 8.86. The number of H-pyrrole nitrogens is 1. The molecule has 1 amide bonds. The van der Waals surface area contributed by atoms with Gasteiger partial charge in [0, 0.05) is 5.56 Å². The Balaban J connectivity index is 1.69. The Hall–Kier alpha value is -2.89. The lowest BCUT2D eigenvalue weighted by atomic mass is 9.74. The van der Waals surface area contributed by atoms with Crippen molar-refractivity contribution in [2.24, 2.45) is 5.41 Å². The Labute approximate surface area is 152 Å². The van der Waals surface area contributed by atoms with Gasteiger partial charge in [0.2, 0.25) is 0 Å². The molecule has 4 rings (SSSR count). The number of carbonyl (C=O) groups is 1. The molecular formula is C20H23N5O. The van der Waals surface area contributed by atoms with Crippen molar-refractivity contribution in [2.75, 3.05) is 0 Å². The van der Waals surface area contributed by atoms with Gasteiger partial charge >= 0.3 is 0 Å². The molecule has 0 saturated carbocycles. The first-order valence-corrected chi connectivity index (χ1v) is 8.86. The third kappa shape index (κ3) is 3.03. The Morgan fingerprint density at radius 3 is 2.73 bits per heavy atom. The van der Waals surface area contributed by atoms with Crippen LogP contribution in [0.5, 0.6) is 0 Å². The van der Waals surface area contributed by atoms with Crippen molar-refractivity contribution in [2.45, 2.75) is 39.7 Å². The minimum absolute atomic E-state index is 0.0660. The minimum atomic E-state index is -0.140. The van der Waals surface area contributed by atoms with Gasteiger partial charge in [-0.2, -0.15) is 5.10 Å². The Bertz CT molecular complexity index is 922. The van der Waals surface area contributed by atoms with E-state index in [4.69, 9.17) is 0 Å². The van der Waals surface area contributed by atoms with Crippen molar-refractivity contribution in [3.8, 4) is 5.69 Å². The van der Waals surface area contributed by atoms with Crippen molar-refractivity contribution >= 4 is 5.91 Å². The molecule has 1 unspecified atom stereocenters. The van der Waals surface area contributed by atoms with E-state index in [1.165, 1.54) is 17.6 Å². The number of benzene rings is 1. The number of hydrogen-bond acceptors (Lipinski definition) is 3. The molecule has 134 valence electrons. The zero-order chi connectivity index (χ0) is 18.3. The highest BCUT2D eigenvalue weighted by molar-refractivity contribution is 5.92. The molecule has 0 aliphatic heterocycles. The summed E-state index contributed by atoms with van der Waals surface area (Å²) in [5.74, 6) is -0.140. The number of nitrogens with one attached hydrogen (secondary N) is 2. The van der Waals surface area contributed by atoms with Crippen LogP contribution in [0.3, 0.4) is 0 Å². The van der Waals surface area contributed by atoms with Crippen molar-refractivity contribution < 1.29 is 4.79 Å². The van der Waals surface area contributed by atoms with Crippen molar-refractivity contribution in [1.82, 2.24) is 25.1 Å².